The maximum Gasteiger partial charge on any atom is 0.274 e. The first-order chi connectivity index (χ1) is 19.1. The number of piperidine rings is 1. The summed E-state index contributed by atoms with van der Waals surface area (Å²) in [6, 6.07) is 4.99. The van der Waals surface area contributed by atoms with Gasteiger partial charge in [-0.2, -0.15) is 0 Å². The lowest BCUT2D eigenvalue weighted by atomic mass is 9.93. The third-order valence-corrected chi connectivity index (χ3v) is 9.82. The van der Waals surface area contributed by atoms with Gasteiger partial charge in [0.1, 0.15) is 16.8 Å². The summed E-state index contributed by atoms with van der Waals surface area (Å²) < 4.78 is 38.8. The lowest BCUT2D eigenvalue weighted by Gasteiger charge is -2.35. The average Bonchev–Trinajstić information content (AvgIpc) is 3.71. The van der Waals surface area contributed by atoms with Crippen molar-refractivity contribution in [2.24, 2.45) is 5.41 Å². The van der Waals surface area contributed by atoms with Crippen LogP contribution in [0.1, 0.15) is 50.0 Å². The monoisotopic (exact) mass is 574 g/mol. The van der Waals surface area contributed by atoms with Crippen molar-refractivity contribution >= 4 is 38.9 Å². The summed E-state index contributed by atoms with van der Waals surface area (Å²) in [5.74, 6) is 0.874. The second-order valence-corrected chi connectivity index (χ2v) is 13.1. The molecule has 3 fully saturated rings. The van der Waals surface area contributed by atoms with Gasteiger partial charge in [0.2, 0.25) is 10.0 Å². The average molecular weight is 575 g/mol. The number of hydrogen-bond donors (Lipinski definition) is 3. The molecule has 1 aliphatic carbocycles. The summed E-state index contributed by atoms with van der Waals surface area (Å²) in [4.78, 5) is 26.6. The summed E-state index contributed by atoms with van der Waals surface area (Å²) in [7, 11) is -2.26. The van der Waals surface area contributed by atoms with Crippen LogP contribution in [0.4, 0.5) is 23.0 Å². The second kappa shape index (κ2) is 11.4. The largest absolute Gasteiger partial charge is 0.493 e. The van der Waals surface area contributed by atoms with Gasteiger partial charge >= 0.3 is 0 Å². The molecule has 2 aliphatic heterocycles. The topological polar surface area (TPSA) is 146 Å². The fraction of sp³-hybridized carbons (Fsp3) is 0.593. The van der Waals surface area contributed by atoms with E-state index in [1.807, 2.05) is 11.8 Å². The molecular weight excluding hydrogens is 536 g/mol. The Labute approximate surface area is 235 Å². The molecule has 13 heteroatoms. The number of anilines is 4. The van der Waals surface area contributed by atoms with Crippen molar-refractivity contribution in [2.75, 3.05) is 66.3 Å². The van der Waals surface area contributed by atoms with Gasteiger partial charge in [0.05, 0.1) is 44.0 Å². The number of morpholine rings is 1. The number of aliphatic hydroxyl groups excluding tert-OH is 1. The molecule has 4 heterocycles. The highest BCUT2D eigenvalue weighted by atomic mass is 32.2. The summed E-state index contributed by atoms with van der Waals surface area (Å²) in [6.07, 6.45) is 6.09. The number of methoxy groups -OCH3 is 1. The van der Waals surface area contributed by atoms with Crippen LogP contribution >= 0.6 is 0 Å². The van der Waals surface area contributed by atoms with Crippen molar-refractivity contribution in [1.29, 1.82) is 0 Å². The zero-order chi connectivity index (χ0) is 28.5. The lowest BCUT2D eigenvalue weighted by molar-refractivity contribution is 0.0527. The zero-order valence-corrected chi connectivity index (χ0v) is 24.0. The molecule has 2 atom stereocenters. The Morgan fingerprint density at radius 2 is 1.98 bits per heavy atom. The highest BCUT2D eigenvalue weighted by molar-refractivity contribution is 7.93. The van der Waals surface area contributed by atoms with Crippen LogP contribution in [0.3, 0.4) is 0 Å². The van der Waals surface area contributed by atoms with E-state index in [4.69, 9.17) is 9.47 Å². The first kappa shape index (κ1) is 28.4. The minimum absolute atomic E-state index is 0.0296. The zero-order valence-electron chi connectivity index (χ0n) is 23.2. The number of carbonyl (C=O) groups is 1. The molecule has 3 N–H and O–H groups in total. The number of pyridine rings is 2. The van der Waals surface area contributed by atoms with Crippen molar-refractivity contribution in [3.63, 3.8) is 0 Å². The van der Waals surface area contributed by atoms with Gasteiger partial charge in [0, 0.05) is 32.2 Å². The fourth-order valence-corrected chi connectivity index (χ4v) is 6.05. The summed E-state index contributed by atoms with van der Waals surface area (Å²) in [5, 5.41) is 11.3. The molecular formula is C27H38N6O6S. The number of amides is 1. The van der Waals surface area contributed by atoms with E-state index in [1.165, 1.54) is 26.0 Å². The molecule has 1 saturated carbocycles. The molecule has 40 heavy (non-hydrogen) atoms. The van der Waals surface area contributed by atoms with Crippen molar-refractivity contribution in [1.82, 2.24) is 9.97 Å². The van der Waals surface area contributed by atoms with Crippen molar-refractivity contribution in [3.05, 3.63) is 30.1 Å². The van der Waals surface area contributed by atoms with Gasteiger partial charge in [-0.15, -0.1) is 0 Å². The van der Waals surface area contributed by atoms with E-state index in [2.05, 4.69) is 24.9 Å². The lowest BCUT2D eigenvalue weighted by Crippen LogP contribution is -2.41. The number of carbonyl (C=O) groups excluding carboxylic acids is 1. The molecule has 1 amide bonds. The third-order valence-electron chi connectivity index (χ3n) is 8.12. The SMILES string of the molecule is COc1ccc(C(=O)Nc2cnc(NS(=O)(=O)[C@@H](C)CO)cc2N2CCC3(CC2)CC3)nc1N1CCO[C@H](C)C1. The second-order valence-electron chi connectivity index (χ2n) is 11.0. The van der Waals surface area contributed by atoms with Crippen LogP contribution in [0.25, 0.3) is 0 Å². The molecule has 0 bridgehead atoms. The molecule has 2 aromatic heterocycles. The van der Waals surface area contributed by atoms with E-state index in [0.717, 1.165) is 25.9 Å². The van der Waals surface area contributed by atoms with Crippen molar-refractivity contribution in [3.8, 4) is 5.75 Å². The van der Waals surface area contributed by atoms with Gasteiger partial charge in [0.15, 0.2) is 11.6 Å². The Balaban J connectivity index is 1.41. The van der Waals surface area contributed by atoms with Gasteiger partial charge in [-0.25, -0.2) is 18.4 Å². The van der Waals surface area contributed by atoms with Crippen molar-refractivity contribution < 1.29 is 27.8 Å². The molecule has 3 aliphatic rings. The van der Waals surface area contributed by atoms with Crippen LogP contribution in [-0.4, -0.2) is 87.3 Å². The van der Waals surface area contributed by atoms with Crippen LogP contribution in [-0.2, 0) is 14.8 Å². The molecule has 5 rings (SSSR count). The minimum Gasteiger partial charge on any atom is -0.493 e. The Hall–Kier alpha value is -3.16. The minimum atomic E-state index is -3.83. The molecule has 218 valence electrons. The third kappa shape index (κ3) is 6.11. The predicted octanol–water partition coefficient (Wildman–Crippen LogP) is 2.47. The van der Waals surface area contributed by atoms with Gasteiger partial charge < -0.3 is 29.7 Å². The van der Waals surface area contributed by atoms with E-state index < -0.39 is 27.8 Å². The van der Waals surface area contributed by atoms with Crippen LogP contribution in [0, 0.1) is 5.41 Å². The molecule has 0 radical (unpaired) electrons. The number of ether oxygens (including phenoxy) is 2. The van der Waals surface area contributed by atoms with Gasteiger partial charge in [-0.3, -0.25) is 9.52 Å². The molecule has 12 nitrogen and oxygen atoms in total. The molecule has 2 saturated heterocycles. The van der Waals surface area contributed by atoms with Gasteiger partial charge in [-0.05, 0) is 57.1 Å². The highest BCUT2D eigenvalue weighted by Crippen LogP contribution is 2.54. The van der Waals surface area contributed by atoms with Crippen molar-refractivity contribution in [2.45, 2.75) is 50.9 Å². The Morgan fingerprint density at radius 1 is 1.23 bits per heavy atom. The Bertz CT molecular complexity index is 1340. The van der Waals surface area contributed by atoms with Crippen LogP contribution in [0.5, 0.6) is 5.75 Å². The fourth-order valence-electron chi connectivity index (χ4n) is 5.25. The number of aromatic nitrogens is 2. The Morgan fingerprint density at radius 3 is 2.62 bits per heavy atom. The van der Waals surface area contributed by atoms with E-state index in [1.54, 1.807) is 25.3 Å². The number of nitrogens with zero attached hydrogens (tertiary/aromatic N) is 4. The van der Waals surface area contributed by atoms with E-state index in [0.29, 0.717) is 48.1 Å². The van der Waals surface area contributed by atoms with Gasteiger partial charge in [0.25, 0.3) is 5.91 Å². The van der Waals surface area contributed by atoms with E-state index >= 15 is 0 Å². The quantitative estimate of drug-likeness (QED) is 0.408. The van der Waals surface area contributed by atoms with Crippen LogP contribution < -0.4 is 24.6 Å². The predicted molar refractivity (Wildman–Crippen MR) is 153 cm³/mol. The number of rotatable bonds is 9. The highest BCUT2D eigenvalue weighted by Gasteiger charge is 2.44. The molecule has 0 unspecified atom stereocenters. The maximum absolute atomic E-state index is 13.5. The molecule has 0 aromatic carbocycles. The number of aliphatic hydroxyl groups is 1. The number of sulfonamides is 1. The number of nitrogens with one attached hydrogen (secondary N) is 2. The molecule has 2 aromatic rings. The maximum atomic E-state index is 13.5. The Kier molecular flexibility index (Phi) is 8.07. The molecule has 1 spiro atoms. The first-order valence-corrected chi connectivity index (χ1v) is 15.3. The standard InChI is InChI=1S/C27H38N6O6S/c1-18-16-33(12-13-39-18)25-23(38-3)5-4-20(29-25)26(35)30-21-15-28-24(31-40(36,37)19(2)17-34)14-22(21)32-10-8-27(6-7-27)9-11-32/h4-5,14-15,18-19,34H,6-13,16-17H2,1-3H3,(H,28,31)(H,30,35)/t18-,19+/m1/s1. The smallest absolute Gasteiger partial charge is 0.274 e. The van der Waals surface area contributed by atoms with Crippen LogP contribution in [0.15, 0.2) is 24.4 Å². The summed E-state index contributed by atoms with van der Waals surface area (Å²) in [5.41, 5.74) is 1.81. The number of hydrogen-bond acceptors (Lipinski definition) is 10. The van der Waals surface area contributed by atoms with E-state index in [9.17, 15) is 18.3 Å². The van der Waals surface area contributed by atoms with Gasteiger partial charge in [-0.1, -0.05) is 0 Å². The van der Waals surface area contributed by atoms with Crippen LogP contribution in [0.2, 0.25) is 0 Å². The summed E-state index contributed by atoms with van der Waals surface area (Å²) >= 11 is 0. The normalized spacial score (nSPS) is 21.1. The van der Waals surface area contributed by atoms with E-state index in [-0.39, 0.29) is 17.6 Å². The summed E-state index contributed by atoms with van der Waals surface area (Å²) in [6.45, 7) is 6.32. The first-order valence-electron chi connectivity index (χ1n) is 13.7.